The lowest BCUT2D eigenvalue weighted by Crippen LogP contribution is -2.33. The number of esters is 1. The molecule has 0 aromatic heterocycles. The lowest BCUT2D eigenvalue weighted by atomic mass is 10.2. The first kappa shape index (κ1) is 8.53. The molecule has 3 heteroatoms. The van der Waals surface area contributed by atoms with Crippen molar-refractivity contribution in [1.82, 2.24) is 5.32 Å². The number of hydrogen-bond acceptors (Lipinski definition) is 3. The van der Waals surface area contributed by atoms with Crippen molar-refractivity contribution in [2.45, 2.75) is 32.2 Å². The summed E-state index contributed by atoms with van der Waals surface area (Å²) in [5, 5.41) is 3.16. The van der Waals surface area contributed by atoms with Crippen LogP contribution in [0.4, 0.5) is 0 Å². The second-order valence-corrected chi connectivity index (χ2v) is 2.82. The zero-order chi connectivity index (χ0) is 8.10. The topological polar surface area (TPSA) is 38.3 Å². The van der Waals surface area contributed by atoms with Crippen LogP contribution in [0.25, 0.3) is 0 Å². The number of carbonyl (C=O) groups excluding carboxylic acids is 1. The number of cyclic esters (lactones) is 1. The largest absolute Gasteiger partial charge is 0.464 e. The number of rotatable bonds is 4. The fraction of sp³-hybridized carbons (Fsp3) is 0.875. The first-order chi connectivity index (χ1) is 5.34. The molecule has 1 saturated heterocycles. The summed E-state index contributed by atoms with van der Waals surface area (Å²) >= 11 is 0. The summed E-state index contributed by atoms with van der Waals surface area (Å²) in [7, 11) is 0. The van der Waals surface area contributed by atoms with Gasteiger partial charge in [-0.1, -0.05) is 13.3 Å². The maximum atomic E-state index is 10.9. The second kappa shape index (κ2) is 4.34. The Labute approximate surface area is 67.1 Å². The van der Waals surface area contributed by atoms with Gasteiger partial charge in [-0.2, -0.15) is 0 Å². The van der Waals surface area contributed by atoms with E-state index in [4.69, 9.17) is 4.74 Å². The highest BCUT2D eigenvalue weighted by Gasteiger charge is 2.24. The molecule has 1 N–H and O–H groups in total. The minimum atomic E-state index is -0.0823. The first-order valence-corrected chi connectivity index (χ1v) is 4.24. The van der Waals surface area contributed by atoms with Crippen LogP contribution >= 0.6 is 0 Å². The van der Waals surface area contributed by atoms with Crippen LogP contribution in [-0.2, 0) is 9.53 Å². The average Bonchev–Trinajstić information content (AvgIpc) is 2.37. The van der Waals surface area contributed by atoms with Gasteiger partial charge in [0.15, 0.2) is 0 Å². The summed E-state index contributed by atoms with van der Waals surface area (Å²) in [4.78, 5) is 10.9. The molecule has 1 aliphatic rings. The fourth-order valence-electron chi connectivity index (χ4n) is 1.13. The van der Waals surface area contributed by atoms with Crippen LogP contribution in [0.5, 0.6) is 0 Å². The lowest BCUT2D eigenvalue weighted by molar-refractivity contribution is -0.139. The number of nitrogens with one attached hydrogen (secondary N) is 1. The quantitative estimate of drug-likeness (QED) is 0.482. The van der Waals surface area contributed by atoms with Crippen LogP contribution in [0.1, 0.15) is 26.2 Å². The van der Waals surface area contributed by atoms with Gasteiger partial charge in [0, 0.05) is 6.42 Å². The van der Waals surface area contributed by atoms with E-state index in [1.807, 2.05) is 0 Å². The Morgan fingerprint density at radius 2 is 2.55 bits per heavy atom. The minimum absolute atomic E-state index is 0.0263. The number of hydrogen-bond donors (Lipinski definition) is 1. The molecule has 0 aromatic carbocycles. The molecule has 1 aliphatic heterocycles. The molecule has 64 valence electrons. The van der Waals surface area contributed by atoms with Crippen molar-refractivity contribution in [1.29, 1.82) is 0 Å². The molecule has 1 unspecified atom stereocenters. The fourth-order valence-corrected chi connectivity index (χ4v) is 1.13. The van der Waals surface area contributed by atoms with Gasteiger partial charge >= 0.3 is 5.97 Å². The first-order valence-electron chi connectivity index (χ1n) is 4.24. The molecule has 0 spiro atoms. The normalized spacial score (nSPS) is 23.7. The molecule has 0 bridgehead atoms. The third-order valence-corrected chi connectivity index (χ3v) is 1.86. The molecule has 0 aliphatic carbocycles. The van der Waals surface area contributed by atoms with Crippen molar-refractivity contribution in [2.75, 3.05) is 13.2 Å². The van der Waals surface area contributed by atoms with Gasteiger partial charge in [0.2, 0.25) is 0 Å². The van der Waals surface area contributed by atoms with Crippen LogP contribution in [0.3, 0.4) is 0 Å². The monoisotopic (exact) mass is 157 g/mol. The predicted octanol–water partition coefficient (Wildman–Crippen LogP) is 0.692. The molecule has 0 radical (unpaired) electrons. The molecule has 0 saturated carbocycles. The van der Waals surface area contributed by atoms with Crippen molar-refractivity contribution < 1.29 is 9.53 Å². The Balaban J connectivity index is 2.10. The van der Waals surface area contributed by atoms with E-state index < -0.39 is 0 Å². The summed E-state index contributed by atoms with van der Waals surface area (Å²) in [5.74, 6) is -0.0823. The van der Waals surface area contributed by atoms with Crippen LogP contribution in [0.15, 0.2) is 0 Å². The lowest BCUT2D eigenvalue weighted by Gasteiger charge is -2.06. The molecular formula is C8H15NO2. The predicted molar refractivity (Wildman–Crippen MR) is 42.3 cm³/mol. The van der Waals surface area contributed by atoms with E-state index in [2.05, 4.69) is 12.2 Å². The number of carbonyl (C=O) groups is 1. The SMILES string of the molecule is CCCCNC1CCOC1=O. The molecule has 1 rings (SSSR count). The zero-order valence-electron chi connectivity index (χ0n) is 6.93. The van der Waals surface area contributed by atoms with Crippen LogP contribution in [0.2, 0.25) is 0 Å². The zero-order valence-corrected chi connectivity index (χ0v) is 6.93. The van der Waals surface area contributed by atoms with Gasteiger partial charge in [0.1, 0.15) is 6.04 Å². The van der Waals surface area contributed by atoms with Gasteiger partial charge in [-0.3, -0.25) is 4.79 Å². The molecule has 1 atom stereocenters. The van der Waals surface area contributed by atoms with Crippen LogP contribution in [-0.4, -0.2) is 25.2 Å². The molecule has 1 heterocycles. The van der Waals surface area contributed by atoms with E-state index in [1.165, 1.54) is 0 Å². The highest BCUT2D eigenvalue weighted by molar-refractivity contribution is 5.77. The Bertz CT molecular complexity index is 136. The van der Waals surface area contributed by atoms with Crippen molar-refractivity contribution in [3.8, 4) is 0 Å². The minimum Gasteiger partial charge on any atom is -0.464 e. The molecule has 1 fully saturated rings. The maximum Gasteiger partial charge on any atom is 0.323 e. The van der Waals surface area contributed by atoms with Crippen LogP contribution < -0.4 is 5.32 Å². The Kier molecular flexibility index (Phi) is 3.36. The highest BCUT2D eigenvalue weighted by Crippen LogP contribution is 2.05. The Hall–Kier alpha value is -0.570. The van der Waals surface area contributed by atoms with E-state index >= 15 is 0 Å². The van der Waals surface area contributed by atoms with Crippen molar-refractivity contribution in [3.63, 3.8) is 0 Å². The summed E-state index contributed by atoms with van der Waals surface area (Å²) in [6, 6.07) is -0.0263. The summed E-state index contributed by atoms with van der Waals surface area (Å²) < 4.78 is 4.79. The van der Waals surface area contributed by atoms with Gasteiger partial charge in [0.25, 0.3) is 0 Å². The third kappa shape index (κ3) is 2.50. The smallest absolute Gasteiger partial charge is 0.323 e. The van der Waals surface area contributed by atoms with Gasteiger partial charge in [-0.25, -0.2) is 0 Å². The van der Waals surface area contributed by atoms with Gasteiger partial charge in [-0.05, 0) is 13.0 Å². The van der Waals surface area contributed by atoms with E-state index in [0.717, 1.165) is 25.8 Å². The summed E-state index contributed by atoms with van der Waals surface area (Å²) in [6.45, 7) is 3.65. The van der Waals surface area contributed by atoms with Gasteiger partial charge in [-0.15, -0.1) is 0 Å². The average molecular weight is 157 g/mol. The molecule has 3 nitrogen and oxygen atoms in total. The molecule has 11 heavy (non-hydrogen) atoms. The highest BCUT2D eigenvalue weighted by atomic mass is 16.5. The van der Waals surface area contributed by atoms with Gasteiger partial charge in [0.05, 0.1) is 6.61 Å². The third-order valence-electron chi connectivity index (χ3n) is 1.86. The van der Waals surface area contributed by atoms with E-state index in [-0.39, 0.29) is 12.0 Å². The number of ether oxygens (including phenoxy) is 1. The Morgan fingerprint density at radius 1 is 1.73 bits per heavy atom. The van der Waals surface area contributed by atoms with Crippen molar-refractivity contribution in [3.05, 3.63) is 0 Å². The summed E-state index contributed by atoms with van der Waals surface area (Å²) in [5.41, 5.74) is 0. The van der Waals surface area contributed by atoms with E-state index in [1.54, 1.807) is 0 Å². The standard InChI is InChI=1S/C8H15NO2/c1-2-3-5-9-7-4-6-11-8(7)10/h7,9H,2-6H2,1H3. The summed E-state index contributed by atoms with van der Waals surface area (Å²) in [6.07, 6.45) is 3.13. The van der Waals surface area contributed by atoms with E-state index in [9.17, 15) is 4.79 Å². The van der Waals surface area contributed by atoms with Gasteiger partial charge < -0.3 is 10.1 Å². The van der Waals surface area contributed by atoms with E-state index in [0.29, 0.717) is 6.61 Å². The molecule has 0 aromatic rings. The maximum absolute atomic E-state index is 10.9. The molecule has 0 amide bonds. The van der Waals surface area contributed by atoms with Crippen molar-refractivity contribution in [2.24, 2.45) is 0 Å². The van der Waals surface area contributed by atoms with Crippen molar-refractivity contribution >= 4 is 5.97 Å². The number of unbranched alkanes of at least 4 members (excludes halogenated alkanes) is 1. The second-order valence-electron chi connectivity index (χ2n) is 2.82. The molecular weight excluding hydrogens is 142 g/mol. The Morgan fingerprint density at radius 3 is 3.09 bits per heavy atom. The van der Waals surface area contributed by atoms with Crippen LogP contribution in [0, 0.1) is 0 Å².